The van der Waals surface area contributed by atoms with Gasteiger partial charge in [-0.15, -0.1) is 0 Å². The Morgan fingerprint density at radius 2 is 1.68 bits per heavy atom. The summed E-state index contributed by atoms with van der Waals surface area (Å²) in [6.45, 7) is 6.91. The molecule has 0 amide bonds. The van der Waals surface area contributed by atoms with Crippen LogP contribution in [-0.2, 0) is 9.53 Å². The summed E-state index contributed by atoms with van der Waals surface area (Å²) in [4.78, 5) is 22.4. The van der Waals surface area contributed by atoms with Crippen molar-refractivity contribution in [3.05, 3.63) is 29.8 Å². The predicted octanol–water partition coefficient (Wildman–Crippen LogP) is 2.49. The van der Waals surface area contributed by atoms with Crippen molar-refractivity contribution in [3.63, 3.8) is 0 Å². The van der Waals surface area contributed by atoms with Crippen LogP contribution < -0.4 is 4.74 Å². The van der Waals surface area contributed by atoms with Crippen molar-refractivity contribution in [2.24, 2.45) is 0 Å². The van der Waals surface area contributed by atoms with E-state index in [1.54, 1.807) is 27.7 Å². The van der Waals surface area contributed by atoms with Gasteiger partial charge in [-0.1, -0.05) is 0 Å². The number of hydrogen-bond donors (Lipinski definition) is 1. The fraction of sp³-hybridized carbons (Fsp3) is 0.429. The minimum atomic E-state index is -1.01. The molecule has 0 aromatic heterocycles. The molecule has 0 aliphatic rings. The first-order valence-corrected chi connectivity index (χ1v) is 5.92. The van der Waals surface area contributed by atoms with Gasteiger partial charge in [0.2, 0.25) is 0 Å². The van der Waals surface area contributed by atoms with E-state index in [9.17, 15) is 9.59 Å². The van der Waals surface area contributed by atoms with Gasteiger partial charge in [-0.2, -0.15) is 0 Å². The van der Waals surface area contributed by atoms with E-state index in [-0.39, 0.29) is 5.56 Å². The van der Waals surface area contributed by atoms with Crippen LogP contribution in [0.15, 0.2) is 24.3 Å². The summed E-state index contributed by atoms with van der Waals surface area (Å²) in [5.74, 6) is -1.05. The summed E-state index contributed by atoms with van der Waals surface area (Å²) < 4.78 is 10.6. The van der Waals surface area contributed by atoms with E-state index in [1.807, 2.05) is 0 Å². The van der Waals surface area contributed by atoms with E-state index < -0.39 is 23.6 Å². The molecule has 1 rings (SSSR count). The van der Waals surface area contributed by atoms with Crippen LogP contribution in [0, 0.1) is 0 Å². The zero-order valence-electron chi connectivity index (χ0n) is 11.5. The lowest BCUT2D eigenvalue weighted by atomic mass is 10.2. The molecule has 1 N–H and O–H groups in total. The molecule has 5 heteroatoms. The third kappa shape index (κ3) is 4.99. The molecule has 19 heavy (non-hydrogen) atoms. The van der Waals surface area contributed by atoms with Crippen LogP contribution in [0.3, 0.4) is 0 Å². The lowest BCUT2D eigenvalue weighted by molar-refractivity contribution is -0.162. The van der Waals surface area contributed by atoms with Crippen molar-refractivity contribution in [1.82, 2.24) is 0 Å². The normalized spacial score (nSPS) is 12.6. The molecule has 0 heterocycles. The average Bonchev–Trinajstić information content (AvgIpc) is 2.27. The van der Waals surface area contributed by atoms with Crippen LogP contribution in [-0.4, -0.2) is 28.8 Å². The average molecular weight is 266 g/mol. The topological polar surface area (TPSA) is 72.8 Å². The van der Waals surface area contributed by atoms with Crippen molar-refractivity contribution in [2.45, 2.75) is 39.4 Å². The zero-order valence-corrected chi connectivity index (χ0v) is 11.5. The summed E-state index contributed by atoms with van der Waals surface area (Å²) in [5.41, 5.74) is -0.403. The van der Waals surface area contributed by atoms with E-state index in [0.29, 0.717) is 5.75 Å². The highest BCUT2D eigenvalue weighted by Gasteiger charge is 2.23. The first-order chi connectivity index (χ1) is 8.69. The molecule has 1 atom stereocenters. The molecule has 5 nitrogen and oxygen atoms in total. The molecule has 0 aliphatic heterocycles. The number of esters is 1. The number of carbonyl (C=O) groups excluding carboxylic acids is 1. The number of aromatic carboxylic acids is 1. The number of carboxylic acid groups (broad SMARTS) is 1. The van der Waals surface area contributed by atoms with E-state index in [2.05, 4.69) is 0 Å². The van der Waals surface area contributed by atoms with Crippen molar-refractivity contribution >= 4 is 11.9 Å². The van der Waals surface area contributed by atoms with Crippen LogP contribution in [0.4, 0.5) is 0 Å². The molecule has 1 aromatic carbocycles. The number of benzene rings is 1. The van der Waals surface area contributed by atoms with Crippen LogP contribution in [0.5, 0.6) is 5.75 Å². The van der Waals surface area contributed by atoms with Gasteiger partial charge >= 0.3 is 11.9 Å². The Balaban J connectivity index is 2.64. The zero-order chi connectivity index (χ0) is 14.6. The second-order valence-electron chi connectivity index (χ2n) is 5.12. The fourth-order valence-electron chi connectivity index (χ4n) is 1.31. The van der Waals surface area contributed by atoms with Gasteiger partial charge in [0.1, 0.15) is 11.4 Å². The van der Waals surface area contributed by atoms with Crippen molar-refractivity contribution < 1.29 is 24.2 Å². The van der Waals surface area contributed by atoms with Gasteiger partial charge in [0.05, 0.1) is 5.56 Å². The second-order valence-corrected chi connectivity index (χ2v) is 5.12. The smallest absolute Gasteiger partial charge is 0.347 e. The minimum Gasteiger partial charge on any atom is -0.479 e. The monoisotopic (exact) mass is 266 g/mol. The molecule has 0 spiro atoms. The van der Waals surface area contributed by atoms with Gasteiger partial charge < -0.3 is 14.6 Å². The van der Waals surface area contributed by atoms with Crippen molar-refractivity contribution in [3.8, 4) is 5.75 Å². The van der Waals surface area contributed by atoms with Crippen molar-refractivity contribution in [1.29, 1.82) is 0 Å². The van der Waals surface area contributed by atoms with Gasteiger partial charge in [0, 0.05) is 0 Å². The third-order valence-electron chi connectivity index (χ3n) is 2.15. The fourth-order valence-corrected chi connectivity index (χ4v) is 1.31. The quantitative estimate of drug-likeness (QED) is 0.847. The highest BCUT2D eigenvalue weighted by atomic mass is 16.6. The molecular weight excluding hydrogens is 248 g/mol. The molecule has 0 saturated carbocycles. The Hall–Kier alpha value is -2.04. The molecule has 0 radical (unpaired) electrons. The lowest BCUT2D eigenvalue weighted by Gasteiger charge is -2.22. The van der Waals surface area contributed by atoms with Crippen molar-refractivity contribution in [2.75, 3.05) is 0 Å². The Morgan fingerprint density at radius 3 is 2.11 bits per heavy atom. The molecule has 0 bridgehead atoms. The van der Waals surface area contributed by atoms with E-state index in [1.165, 1.54) is 24.3 Å². The van der Waals surface area contributed by atoms with Crippen LogP contribution in [0.1, 0.15) is 38.1 Å². The molecular formula is C14H18O5. The van der Waals surface area contributed by atoms with Gasteiger partial charge in [0.25, 0.3) is 0 Å². The number of carbonyl (C=O) groups is 2. The third-order valence-corrected chi connectivity index (χ3v) is 2.15. The summed E-state index contributed by atoms with van der Waals surface area (Å²) in [6, 6.07) is 5.84. The minimum absolute atomic E-state index is 0.164. The summed E-state index contributed by atoms with van der Waals surface area (Å²) >= 11 is 0. The standard InChI is InChI=1S/C14H18O5/c1-9(13(17)19-14(2,3)4)18-11-7-5-10(6-8-11)12(15)16/h5-9H,1-4H3,(H,15,16). The highest BCUT2D eigenvalue weighted by molar-refractivity contribution is 5.87. The lowest BCUT2D eigenvalue weighted by Crippen LogP contribution is -2.33. The van der Waals surface area contributed by atoms with E-state index >= 15 is 0 Å². The first kappa shape index (κ1) is 15.0. The molecule has 1 unspecified atom stereocenters. The van der Waals surface area contributed by atoms with Gasteiger partial charge in [-0.05, 0) is 52.0 Å². The molecule has 0 fully saturated rings. The largest absolute Gasteiger partial charge is 0.479 e. The van der Waals surface area contributed by atoms with Crippen LogP contribution in [0.2, 0.25) is 0 Å². The highest BCUT2D eigenvalue weighted by Crippen LogP contribution is 2.16. The summed E-state index contributed by atoms with van der Waals surface area (Å²) in [7, 11) is 0. The van der Waals surface area contributed by atoms with Crippen LogP contribution in [0.25, 0.3) is 0 Å². The van der Waals surface area contributed by atoms with E-state index in [0.717, 1.165) is 0 Å². The number of ether oxygens (including phenoxy) is 2. The Morgan fingerprint density at radius 1 is 1.16 bits per heavy atom. The number of hydrogen-bond acceptors (Lipinski definition) is 4. The van der Waals surface area contributed by atoms with Gasteiger partial charge in [-0.3, -0.25) is 0 Å². The molecule has 1 aromatic rings. The van der Waals surface area contributed by atoms with Crippen LogP contribution >= 0.6 is 0 Å². The predicted molar refractivity (Wildman–Crippen MR) is 69.3 cm³/mol. The Kier molecular flexibility index (Phi) is 4.53. The van der Waals surface area contributed by atoms with Gasteiger partial charge in [-0.25, -0.2) is 9.59 Å². The molecule has 0 aliphatic carbocycles. The number of carboxylic acids is 1. The summed E-state index contributed by atoms with van der Waals surface area (Å²) in [6.07, 6.45) is -0.755. The number of rotatable bonds is 4. The van der Waals surface area contributed by atoms with Gasteiger partial charge in [0.15, 0.2) is 6.10 Å². The maximum Gasteiger partial charge on any atom is 0.347 e. The second kappa shape index (κ2) is 5.73. The summed E-state index contributed by atoms with van der Waals surface area (Å²) in [5, 5.41) is 8.76. The SMILES string of the molecule is CC(Oc1ccc(C(=O)O)cc1)C(=O)OC(C)(C)C. The molecule has 104 valence electrons. The first-order valence-electron chi connectivity index (χ1n) is 5.92. The Bertz CT molecular complexity index is 456. The maximum absolute atomic E-state index is 11.7. The Labute approximate surface area is 112 Å². The van der Waals surface area contributed by atoms with E-state index in [4.69, 9.17) is 14.6 Å². The maximum atomic E-state index is 11.7. The molecule has 0 saturated heterocycles.